The van der Waals surface area contributed by atoms with Crippen LogP contribution in [0.3, 0.4) is 0 Å². The van der Waals surface area contributed by atoms with Crippen molar-refractivity contribution < 1.29 is 9.15 Å². The van der Waals surface area contributed by atoms with E-state index in [0.717, 1.165) is 0 Å². The van der Waals surface area contributed by atoms with Gasteiger partial charge in [0.05, 0.1) is 120 Å². The molecular weight excluding hydrogens is 1430 g/mol. The van der Waals surface area contributed by atoms with Crippen LogP contribution in [0.5, 0.6) is 0 Å². The third kappa shape index (κ3) is 4.16. The molecule has 0 saturated carbocycles. The van der Waals surface area contributed by atoms with Gasteiger partial charge in [0.25, 0.3) is 23.3 Å². The third-order valence-corrected chi connectivity index (χ3v) is 22.2. The fourth-order valence-electron chi connectivity index (χ4n) is 8.49. The number of benzene rings is 4. The van der Waals surface area contributed by atoms with Crippen molar-refractivity contribution >= 4 is 277 Å². The van der Waals surface area contributed by atoms with Gasteiger partial charge in [-0.15, -0.1) is 9.15 Å². The van der Waals surface area contributed by atoms with Gasteiger partial charge in [-0.3, -0.25) is 0 Å². The second-order valence-corrected chi connectivity index (χ2v) is 22.4. The van der Waals surface area contributed by atoms with E-state index in [9.17, 15) is 0 Å². The molecule has 0 saturated heterocycles. The maximum Gasteiger partial charge on any atom is 0.404 e. The van der Waals surface area contributed by atoms with E-state index in [4.69, 9.17) is 113 Å². The number of aromatic nitrogens is 2. The van der Waals surface area contributed by atoms with Gasteiger partial charge in [0.1, 0.15) is 0 Å². The van der Waals surface area contributed by atoms with Crippen molar-refractivity contribution in [2.24, 2.45) is 20.0 Å². The lowest BCUT2D eigenvalue weighted by atomic mass is 10.1. The molecule has 0 fully saturated rings. The van der Waals surface area contributed by atoms with E-state index in [-0.39, 0.29) is 40.2 Å². The lowest BCUT2D eigenvalue weighted by Gasteiger charge is -2.40. The summed E-state index contributed by atoms with van der Waals surface area (Å²) in [6, 6.07) is 0. The summed E-state index contributed by atoms with van der Waals surface area (Å²) in [5, 5.41) is 4.67. The molecule has 8 heterocycles. The minimum atomic E-state index is -1.54. The van der Waals surface area contributed by atoms with E-state index in [0.29, 0.717) is 126 Å². The Hall–Kier alpha value is 0.400. The van der Waals surface area contributed by atoms with E-state index in [1.54, 1.807) is 0 Å². The fourth-order valence-corrected chi connectivity index (χ4v) is 15.5. The number of amidine groups is 4. The van der Waals surface area contributed by atoms with Crippen LogP contribution in [0.4, 0.5) is 11.6 Å². The van der Waals surface area contributed by atoms with Crippen LogP contribution in [-0.2, 0) is 5.91 Å². The zero-order valence-corrected chi connectivity index (χ0v) is 44.9. The van der Waals surface area contributed by atoms with Gasteiger partial charge in [-0.2, -0.15) is 9.13 Å². The maximum absolute atomic E-state index is 6.97. The van der Waals surface area contributed by atoms with Crippen LogP contribution in [0.2, 0.25) is 40.2 Å². The first-order valence-corrected chi connectivity index (χ1v) is 24.9. The molecule has 8 nitrogen and oxygen atoms in total. The third-order valence-electron chi connectivity index (χ3n) is 10.6. The number of hydrogen-bond acceptors (Lipinski definition) is 4. The van der Waals surface area contributed by atoms with Gasteiger partial charge in [-0.05, 0) is 127 Å². The number of fused-ring (bicyclic) bond motifs is 12. The molecular formula is C33Br8Cl8N8+2. The van der Waals surface area contributed by atoms with Gasteiger partial charge in [0.15, 0.2) is 0 Å². The van der Waals surface area contributed by atoms with E-state index in [1.807, 2.05) is 18.3 Å². The molecule has 282 valence electrons. The predicted octanol–water partition coefficient (Wildman–Crippen LogP) is 15.0. The number of hydrogen-bond donors (Lipinski definition) is 0. The van der Waals surface area contributed by atoms with Crippen LogP contribution >= 0.6 is 220 Å². The molecule has 24 heteroatoms. The summed E-state index contributed by atoms with van der Waals surface area (Å²) in [7, 11) is 0. The number of halogens is 16. The quantitative estimate of drug-likeness (QED) is 0.0826. The van der Waals surface area contributed by atoms with E-state index in [2.05, 4.69) is 127 Å². The highest BCUT2D eigenvalue weighted by atomic mass is 79.9. The first-order chi connectivity index (χ1) is 27.0. The Morgan fingerprint density at radius 3 is 1.02 bits per heavy atom. The predicted molar refractivity (Wildman–Crippen MR) is 255 cm³/mol. The highest BCUT2D eigenvalue weighted by molar-refractivity contribution is 9.12. The topological polar surface area (TPSA) is 65.3 Å². The van der Waals surface area contributed by atoms with E-state index in [1.165, 1.54) is 0 Å². The highest BCUT2D eigenvalue weighted by Crippen LogP contribution is 2.60. The molecule has 0 atom stereocenters. The van der Waals surface area contributed by atoms with E-state index >= 15 is 0 Å². The summed E-state index contributed by atoms with van der Waals surface area (Å²) < 4.78 is 12.1. The van der Waals surface area contributed by atoms with E-state index < -0.39 is 5.91 Å². The van der Waals surface area contributed by atoms with Crippen molar-refractivity contribution in [3.8, 4) is 0 Å². The molecule has 0 radical (unpaired) electrons. The van der Waals surface area contributed by atoms with Gasteiger partial charge in [0, 0.05) is 0 Å². The van der Waals surface area contributed by atoms with Crippen LogP contribution in [0, 0.1) is 0 Å². The molecule has 0 bridgehead atoms. The summed E-state index contributed by atoms with van der Waals surface area (Å²) in [5.74, 6) is 1.28. The zero-order valence-electron chi connectivity index (χ0n) is 26.1. The Labute approximate surface area is 424 Å². The van der Waals surface area contributed by atoms with Crippen LogP contribution in [0.1, 0.15) is 22.3 Å². The molecule has 12 rings (SSSR count). The summed E-state index contributed by atoms with van der Waals surface area (Å²) in [5.41, 5.74) is 3.43. The summed E-state index contributed by atoms with van der Waals surface area (Å²) in [6.45, 7) is 0. The Morgan fingerprint density at radius 2 is 0.667 bits per heavy atom. The van der Waals surface area contributed by atoms with Crippen molar-refractivity contribution in [2.45, 2.75) is 5.91 Å². The smallest absolute Gasteiger partial charge is 0.192 e. The molecule has 6 aromatic rings. The molecule has 6 aliphatic rings. The normalized spacial score (nSPS) is 16.9. The second kappa shape index (κ2) is 12.3. The van der Waals surface area contributed by atoms with Gasteiger partial charge < -0.3 is 0 Å². The number of nitrogens with zero attached hydrogens (tertiary/aromatic N) is 8. The van der Waals surface area contributed by atoms with Crippen LogP contribution < -0.4 is 11.0 Å². The molecule has 6 aliphatic heterocycles. The standard InChI is InChI=1S/C33Br8Cl8N8/c34-9-1-2(10(35)18(43)17(9)42)26-51-28-5-6(14(39)22(47)21(46)13(5)38)30-53-32-8-7(15(40)23(48)24(49)16(8)41)31-52-29-4-3(11(36)19(44)20(45)12(4)37)27-50-25(1)54(26)33(55(27)29,56(28)30)57(31)32/q+2. The maximum atomic E-state index is 6.97. The van der Waals surface area contributed by atoms with Crippen molar-refractivity contribution in [1.82, 2.24) is 9.13 Å². The minimum absolute atomic E-state index is 0.273. The molecule has 0 unspecified atom stereocenters. The van der Waals surface area contributed by atoms with Crippen molar-refractivity contribution in [3.05, 3.63) is 109 Å². The monoisotopic (exact) mass is 1420 g/mol. The van der Waals surface area contributed by atoms with Gasteiger partial charge in [-0.1, -0.05) is 113 Å². The molecule has 0 aliphatic carbocycles. The summed E-state index contributed by atoms with van der Waals surface area (Å²) in [6.07, 6.45) is 0. The average Bonchev–Trinajstić information content (AvgIpc) is 3.92. The number of aliphatic imine (C=N–C) groups is 2. The molecule has 57 heavy (non-hydrogen) atoms. The van der Waals surface area contributed by atoms with Crippen LogP contribution in [0.25, 0.3) is 21.5 Å². The molecule has 0 N–H and O–H groups in total. The van der Waals surface area contributed by atoms with Crippen LogP contribution in [-0.4, -0.2) is 41.6 Å². The largest absolute Gasteiger partial charge is 0.404 e. The lowest BCUT2D eigenvalue weighted by Crippen LogP contribution is -2.71. The van der Waals surface area contributed by atoms with Gasteiger partial charge in [-0.25, -0.2) is 0 Å². The Morgan fingerprint density at radius 1 is 0.368 bits per heavy atom. The van der Waals surface area contributed by atoms with Gasteiger partial charge in [0.2, 0.25) is 22.6 Å². The molecule has 0 amide bonds. The van der Waals surface area contributed by atoms with Gasteiger partial charge >= 0.3 is 5.91 Å². The summed E-state index contributed by atoms with van der Waals surface area (Å²) in [4.78, 5) is 21.9. The van der Waals surface area contributed by atoms with Crippen molar-refractivity contribution in [3.63, 3.8) is 0 Å². The Balaban J connectivity index is 1.47. The minimum Gasteiger partial charge on any atom is -0.192 e. The van der Waals surface area contributed by atoms with Crippen molar-refractivity contribution in [2.75, 3.05) is 0 Å². The highest BCUT2D eigenvalue weighted by Gasteiger charge is 2.71. The fraction of sp³-hybridized carbons (Fsp3) is 0.0303. The Kier molecular flexibility index (Phi) is 8.45. The average molecular weight is 1430 g/mol. The van der Waals surface area contributed by atoms with Crippen LogP contribution in [0.15, 0.2) is 55.8 Å². The van der Waals surface area contributed by atoms with Crippen molar-refractivity contribution in [1.29, 1.82) is 0 Å². The summed E-state index contributed by atoms with van der Waals surface area (Å²) >= 11 is 86.1. The molecule has 1 spiro atoms. The number of rotatable bonds is 0. The first-order valence-electron chi connectivity index (χ1n) is 15.5. The SMILES string of the molecule is Clc1c(Cl)c(Br)c2c(c1Br)C1=Nc3c4c(Br)c(Cl)c(Cl)c(Br)c4c4n3C35n6c(c7c(Br)c(Cl)c(Cl)c(Br)c7c6=NC6=[N+]3C(=N4)c3c(Br)c(Cl)c(Cl)c(Br)c36)=NC2=[N+]15. The Bertz CT molecular complexity index is 3330. The molecule has 2 aromatic heterocycles. The zero-order chi connectivity index (χ0) is 40.1. The second-order valence-electron chi connectivity index (χ2n) is 13.0. The lowest BCUT2D eigenvalue weighted by molar-refractivity contribution is -0.790. The first kappa shape index (κ1) is 39.0. The molecule has 4 aromatic carbocycles.